The maximum atomic E-state index is 13.3. The minimum Gasteiger partial charge on any atom is -0.433 e. The Labute approximate surface area is 213 Å². The molecule has 0 aliphatic rings. The van der Waals surface area contributed by atoms with Gasteiger partial charge in [0.25, 0.3) is 0 Å². The molecule has 0 amide bonds. The van der Waals surface area contributed by atoms with Gasteiger partial charge in [-0.1, -0.05) is 18.2 Å². The van der Waals surface area contributed by atoms with Crippen molar-refractivity contribution in [2.45, 2.75) is 6.61 Å². The van der Waals surface area contributed by atoms with E-state index in [1.807, 2.05) is 73.0 Å². The van der Waals surface area contributed by atoms with Gasteiger partial charge >= 0.3 is 6.61 Å². The van der Waals surface area contributed by atoms with Crippen molar-refractivity contribution in [1.82, 2.24) is 19.4 Å². The molecule has 0 saturated heterocycles. The van der Waals surface area contributed by atoms with Gasteiger partial charge in [-0.15, -0.1) is 0 Å². The normalized spacial score (nSPS) is 11.2. The highest BCUT2D eigenvalue weighted by atomic mass is 19.3. The molecular formula is C26H28F2N8O. The molecule has 0 aliphatic heterocycles. The molecule has 11 heteroatoms. The van der Waals surface area contributed by atoms with Gasteiger partial charge in [-0.2, -0.15) is 14.0 Å². The number of likely N-dealkylation sites (N-methyl/N-ethyl adjacent to an activating group) is 2. The summed E-state index contributed by atoms with van der Waals surface area (Å²) in [6, 6.07) is 12.9. The van der Waals surface area contributed by atoms with E-state index in [9.17, 15) is 14.0 Å². The first-order chi connectivity index (χ1) is 17.7. The van der Waals surface area contributed by atoms with E-state index >= 15 is 0 Å². The number of nitrogens with one attached hydrogen (secondary N) is 1. The van der Waals surface area contributed by atoms with Crippen LogP contribution in [-0.4, -0.2) is 60.3 Å². The maximum absolute atomic E-state index is 13.3. The zero-order valence-electron chi connectivity index (χ0n) is 21.0. The van der Waals surface area contributed by atoms with Crippen LogP contribution in [0, 0.1) is 11.3 Å². The number of nitriles is 1. The molecule has 0 aliphatic carbocycles. The predicted molar refractivity (Wildman–Crippen MR) is 141 cm³/mol. The van der Waals surface area contributed by atoms with Crippen LogP contribution < -0.4 is 20.7 Å². The summed E-state index contributed by atoms with van der Waals surface area (Å²) >= 11 is 0. The van der Waals surface area contributed by atoms with Gasteiger partial charge < -0.3 is 30.2 Å². The molecule has 0 fully saturated rings. The van der Waals surface area contributed by atoms with Gasteiger partial charge in [-0.3, -0.25) is 0 Å². The Balaban J connectivity index is 1.74. The minimum atomic E-state index is -3.04. The highest BCUT2D eigenvalue weighted by Crippen LogP contribution is 2.38. The summed E-state index contributed by atoms with van der Waals surface area (Å²) in [5.41, 5.74) is 9.82. The number of halogens is 2. The van der Waals surface area contributed by atoms with Gasteiger partial charge in [0.1, 0.15) is 6.07 Å². The van der Waals surface area contributed by atoms with Crippen LogP contribution in [0.3, 0.4) is 0 Å². The summed E-state index contributed by atoms with van der Waals surface area (Å²) in [7, 11) is 7.63. The molecule has 0 spiro atoms. The van der Waals surface area contributed by atoms with Gasteiger partial charge in [0.2, 0.25) is 5.95 Å². The number of ether oxygens (including phenoxy) is 1. The van der Waals surface area contributed by atoms with Gasteiger partial charge in [0.05, 0.1) is 34.5 Å². The zero-order chi connectivity index (χ0) is 26.7. The SMILES string of the molecule is CN(C)CCN(C)c1cc(OC(F)F)c(Nc2ncc(C#N)c(-c3cn(C)c4ccccc34)n2)cc1N. The summed E-state index contributed by atoms with van der Waals surface area (Å²) in [5, 5.41) is 13.6. The van der Waals surface area contributed by atoms with E-state index in [2.05, 4.69) is 21.4 Å². The fourth-order valence-corrected chi connectivity index (χ4v) is 4.06. The number of nitrogens with zero attached hydrogens (tertiary/aromatic N) is 6. The smallest absolute Gasteiger partial charge is 0.387 e. The van der Waals surface area contributed by atoms with Crippen molar-refractivity contribution in [2.24, 2.45) is 7.05 Å². The van der Waals surface area contributed by atoms with Crippen molar-refractivity contribution in [3.05, 3.63) is 54.4 Å². The first-order valence-electron chi connectivity index (χ1n) is 11.5. The van der Waals surface area contributed by atoms with Crippen LogP contribution in [-0.2, 0) is 7.05 Å². The Bertz CT molecular complexity index is 1460. The van der Waals surface area contributed by atoms with Crippen LogP contribution in [0.2, 0.25) is 0 Å². The summed E-state index contributed by atoms with van der Waals surface area (Å²) in [6.45, 7) is -1.67. The lowest BCUT2D eigenvalue weighted by atomic mass is 10.1. The van der Waals surface area contributed by atoms with Crippen molar-refractivity contribution >= 4 is 33.9 Å². The average molecular weight is 507 g/mol. The van der Waals surface area contributed by atoms with Crippen molar-refractivity contribution in [3.63, 3.8) is 0 Å². The number of hydrogen-bond acceptors (Lipinski definition) is 8. The van der Waals surface area contributed by atoms with Crippen LogP contribution in [0.1, 0.15) is 5.56 Å². The molecule has 2 heterocycles. The summed E-state index contributed by atoms with van der Waals surface area (Å²) in [5.74, 6) is 0.00439. The zero-order valence-corrected chi connectivity index (χ0v) is 21.0. The Kier molecular flexibility index (Phi) is 7.40. The number of rotatable bonds is 9. The molecule has 2 aromatic carbocycles. The molecule has 4 rings (SSSR count). The van der Waals surface area contributed by atoms with Gasteiger partial charge in [0.15, 0.2) is 5.75 Å². The highest BCUT2D eigenvalue weighted by molar-refractivity contribution is 5.96. The number of alkyl halides is 2. The lowest BCUT2D eigenvalue weighted by molar-refractivity contribution is -0.0493. The fraction of sp³-hybridized carbons (Fsp3) is 0.269. The van der Waals surface area contributed by atoms with Gasteiger partial charge in [-0.25, -0.2) is 9.97 Å². The first kappa shape index (κ1) is 25.7. The Hall–Kier alpha value is -4.43. The number of nitrogens with two attached hydrogens (primary N) is 1. The second kappa shape index (κ2) is 10.7. The number of aryl methyl sites for hydroxylation is 1. The molecule has 3 N–H and O–H groups in total. The van der Waals surface area contributed by atoms with E-state index in [-0.39, 0.29) is 22.9 Å². The summed E-state index contributed by atoms with van der Waals surface area (Å²) in [4.78, 5) is 12.7. The maximum Gasteiger partial charge on any atom is 0.387 e. The third-order valence-corrected chi connectivity index (χ3v) is 5.95. The Morgan fingerprint density at radius 3 is 2.65 bits per heavy atom. The molecule has 0 atom stereocenters. The molecule has 2 aromatic heterocycles. The van der Waals surface area contributed by atoms with Gasteiger partial charge in [-0.05, 0) is 26.2 Å². The van der Waals surface area contributed by atoms with Crippen LogP contribution in [0.25, 0.3) is 22.2 Å². The van der Waals surface area contributed by atoms with Crippen molar-refractivity contribution in [3.8, 4) is 23.1 Å². The fourth-order valence-electron chi connectivity index (χ4n) is 4.06. The number of fused-ring (bicyclic) bond motifs is 1. The predicted octanol–water partition coefficient (Wildman–Crippen LogP) is 4.43. The minimum absolute atomic E-state index is 0.101. The molecule has 0 bridgehead atoms. The van der Waals surface area contributed by atoms with E-state index in [0.717, 1.165) is 23.0 Å². The monoisotopic (exact) mass is 506 g/mol. The van der Waals surface area contributed by atoms with Crippen LogP contribution >= 0.6 is 0 Å². The van der Waals surface area contributed by atoms with E-state index in [1.54, 1.807) is 0 Å². The van der Waals surface area contributed by atoms with E-state index < -0.39 is 6.61 Å². The lowest BCUT2D eigenvalue weighted by Crippen LogP contribution is -2.29. The van der Waals surface area contributed by atoms with E-state index in [4.69, 9.17) is 10.5 Å². The molecule has 0 radical (unpaired) electrons. The number of benzene rings is 2. The Morgan fingerprint density at radius 2 is 1.95 bits per heavy atom. The molecule has 37 heavy (non-hydrogen) atoms. The van der Waals surface area contributed by atoms with E-state index in [1.165, 1.54) is 18.3 Å². The lowest BCUT2D eigenvalue weighted by Gasteiger charge is -2.24. The molecular weight excluding hydrogens is 478 g/mol. The summed E-state index contributed by atoms with van der Waals surface area (Å²) in [6.07, 6.45) is 3.28. The largest absolute Gasteiger partial charge is 0.433 e. The molecule has 4 aromatic rings. The van der Waals surface area contributed by atoms with Crippen molar-refractivity contribution in [2.75, 3.05) is 50.2 Å². The van der Waals surface area contributed by atoms with Gasteiger partial charge in [0, 0.05) is 55.9 Å². The second-order valence-electron chi connectivity index (χ2n) is 8.87. The topological polar surface area (TPSA) is 108 Å². The molecule has 0 unspecified atom stereocenters. The molecule has 0 saturated carbocycles. The standard InChI is InChI=1S/C26H28F2N8O/c1-34(2)9-10-35(3)22-12-23(37-25(27)28)20(11-19(22)30)32-26-31-14-16(13-29)24(33-26)18-15-36(4)21-8-6-5-7-17(18)21/h5-8,11-12,14-15,25H,9-10,30H2,1-4H3,(H,31,32,33). The highest BCUT2D eigenvalue weighted by Gasteiger charge is 2.19. The van der Waals surface area contributed by atoms with Crippen LogP contribution in [0.5, 0.6) is 5.75 Å². The number of para-hydroxylation sites is 1. The van der Waals surface area contributed by atoms with Crippen LogP contribution in [0.4, 0.5) is 31.8 Å². The number of nitrogen functional groups attached to an aromatic ring is 1. The second-order valence-corrected chi connectivity index (χ2v) is 8.87. The van der Waals surface area contributed by atoms with Crippen molar-refractivity contribution in [1.29, 1.82) is 5.26 Å². The third-order valence-electron chi connectivity index (χ3n) is 5.95. The van der Waals surface area contributed by atoms with E-state index in [0.29, 0.717) is 23.6 Å². The number of hydrogen-bond donors (Lipinski definition) is 2. The van der Waals surface area contributed by atoms with Crippen molar-refractivity contribution < 1.29 is 13.5 Å². The van der Waals surface area contributed by atoms with Crippen LogP contribution in [0.15, 0.2) is 48.8 Å². The Morgan fingerprint density at radius 1 is 1.19 bits per heavy atom. The average Bonchev–Trinajstić information content (AvgIpc) is 3.20. The number of aromatic nitrogens is 3. The third kappa shape index (κ3) is 5.54. The number of anilines is 4. The quantitative estimate of drug-likeness (QED) is 0.321. The first-order valence-corrected chi connectivity index (χ1v) is 11.5. The molecule has 192 valence electrons. The molecule has 9 nitrogen and oxygen atoms in total. The summed E-state index contributed by atoms with van der Waals surface area (Å²) < 4.78 is 33.3.